The van der Waals surface area contributed by atoms with E-state index in [1.807, 2.05) is 12.1 Å². The number of hydrogen-bond donors (Lipinski definition) is 1. The van der Waals surface area contributed by atoms with Gasteiger partial charge in [-0.15, -0.1) is 0 Å². The number of rotatable bonds is 5. The summed E-state index contributed by atoms with van der Waals surface area (Å²) in [5, 5.41) is 8.26. The van der Waals surface area contributed by atoms with Crippen molar-refractivity contribution < 1.29 is 4.42 Å². The summed E-state index contributed by atoms with van der Waals surface area (Å²) in [4.78, 5) is 10.3. The Hall–Kier alpha value is -7.50. The number of aromatic nitrogens is 1. The largest absolute Gasteiger partial charge is 0.454 e. The first kappa shape index (κ1) is 33.6. The smallest absolute Gasteiger partial charge is 0.159 e. The van der Waals surface area contributed by atoms with Crippen molar-refractivity contribution in [2.45, 2.75) is 25.4 Å². The molecule has 1 N–H and O–H groups in total. The van der Waals surface area contributed by atoms with Gasteiger partial charge in [0.1, 0.15) is 17.6 Å². The third-order valence-electron chi connectivity index (χ3n) is 12.5. The highest BCUT2D eigenvalue weighted by atomic mass is 16.3. The fraction of sp³-hybridized carbons (Fsp3) is 0.0741. The lowest BCUT2D eigenvalue weighted by Gasteiger charge is -2.23. The van der Waals surface area contributed by atoms with Crippen LogP contribution in [0.3, 0.4) is 0 Å². The normalized spacial score (nSPS) is 15.6. The minimum absolute atomic E-state index is 0.0853. The monoisotopic (exact) mass is 758 g/mol. The average molecular weight is 759 g/mol. The predicted octanol–water partition coefficient (Wildman–Crippen LogP) is 13.2. The molecule has 280 valence electrons. The molecule has 0 fully saturated rings. The van der Waals surface area contributed by atoms with Crippen molar-refractivity contribution in [2.75, 3.05) is 0 Å². The van der Waals surface area contributed by atoms with E-state index < -0.39 is 0 Å². The van der Waals surface area contributed by atoms with Crippen molar-refractivity contribution in [1.82, 2.24) is 9.88 Å². The molecule has 5 nitrogen and oxygen atoms in total. The van der Waals surface area contributed by atoms with Crippen LogP contribution in [0.4, 0.5) is 0 Å². The first-order valence-corrected chi connectivity index (χ1v) is 20.3. The molecule has 12 rings (SSSR count). The predicted molar refractivity (Wildman–Crippen MR) is 243 cm³/mol. The molecule has 1 unspecified atom stereocenters. The average Bonchev–Trinajstić information content (AvgIpc) is 3.91. The molecule has 0 spiro atoms. The molecule has 3 heterocycles. The minimum Gasteiger partial charge on any atom is -0.454 e. The number of para-hydroxylation sites is 2. The van der Waals surface area contributed by atoms with Crippen LogP contribution >= 0.6 is 0 Å². The summed E-state index contributed by atoms with van der Waals surface area (Å²) in [6.07, 6.45) is -0.306. The van der Waals surface area contributed by atoms with Crippen LogP contribution in [0.1, 0.15) is 47.8 Å². The standard InChI is InChI=1S/C54H38N4O/c1-54(2)44-21-11-9-18-38(44)42-32-48-43(31-45(42)54)39-19-10-12-22-46(39)58(48)47-23-13-20-41-40-29-28-37(30-49(40)59-50(41)47)53-56-51(35-16-7-4-8-17-35)55-52(57-53)36-26-24-34(25-27-36)33-14-5-3-6-15-33/h3-32,51H,1-2H3,(H,55,56,57). The second-order valence-electron chi connectivity index (χ2n) is 16.2. The molecule has 1 atom stereocenters. The number of amidine groups is 2. The Bertz CT molecular complexity index is 3370. The maximum Gasteiger partial charge on any atom is 0.159 e. The third-order valence-corrected chi connectivity index (χ3v) is 12.5. The van der Waals surface area contributed by atoms with Crippen LogP contribution in [0.25, 0.3) is 71.7 Å². The van der Waals surface area contributed by atoms with Crippen LogP contribution in [0.15, 0.2) is 196 Å². The summed E-state index contributed by atoms with van der Waals surface area (Å²) in [5.41, 5.74) is 15.6. The molecule has 1 aliphatic carbocycles. The Balaban J connectivity index is 0.994. The Morgan fingerprint density at radius 3 is 2.07 bits per heavy atom. The van der Waals surface area contributed by atoms with Crippen LogP contribution in [0.5, 0.6) is 0 Å². The van der Waals surface area contributed by atoms with E-state index in [9.17, 15) is 0 Å². The van der Waals surface area contributed by atoms with Gasteiger partial charge >= 0.3 is 0 Å². The van der Waals surface area contributed by atoms with E-state index in [4.69, 9.17) is 14.4 Å². The van der Waals surface area contributed by atoms with Crippen molar-refractivity contribution in [3.8, 4) is 27.9 Å². The Morgan fingerprint density at radius 1 is 0.525 bits per heavy atom. The third kappa shape index (κ3) is 5.18. The van der Waals surface area contributed by atoms with Gasteiger partial charge in [0.05, 0.1) is 16.7 Å². The molecule has 10 aromatic rings. The van der Waals surface area contributed by atoms with Crippen molar-refractivity contribution in [2.24, 2.45) is 9.98 Å². The lowest BCUT2D eigenvalue weighted by atomic mass is 9.82. The van der Waals surface area contributed by atoms with Crippen molar-refractivity contribution in [3.05, 3.63) is 210 Å². The fourth-order valence-electron chi connectivity index (χ4n) is 9.50. The van der Waals surface area contributed by atoms with Crippen LogP contribution in [0.2, 0.25) is 0 Å². The summed E-state index contributed by atoms with van der Waals surface area (Å²) in [6, 6.07) is 64.7. The summed E-state index contributed by atoms with van der Waals surface area (Å²) in [5.74, 6) is 1.43. The SMILES string of the molecule is CC1(C)c2ccccc2-c2cc3c(cc21)c1ccccc1n3-c1cccc2c1oc1cc(C3=NC(c4ccc(-c5ccccc5)cc4)=NC(c4ccccc4)N3)ccc12. The highest BCUT2D eigenvalue weighted by Crippen LogP contribution is 2.51. The maximum atomic E-state index is 6.96. The number of hydrogen-bond acceptors (Lipinski definition) is 4. The molecule has 0 amide bonds. The first-order valence-electron chi connectivity index (χ1n) is 20.3. The quantitative estimate of drug-likeness (QED) is 0.190. The second kappa shape index (κ2) is 12.8. The molecule has 59 heavy (non-hydrogen) atoms. The van der Waals surface area contributed by atoms with Crippen molar-refractivity contribution in [3.63, 3.8) is 0 Å². The maximum absolute atomic E-state index is 6.96. The summed E-state index contributed by atoms with van der Waals surface area (Å²) in [7, 11) is 0. The molecule has 0 saturated heterocycles. The Morgan fingerprint density at radius 2 is 1.22 bits per heavy atom. The van der Waals surface area contributed by atoms with Gasteiger partial charge in [-0.2, -0.15) is 0 Å². The number of aliphatic imine (C=N–C) groups is 2. The van der Waals surface area contributed by atoms with E-state index in [2.05, 4.69) is 194 Å². The zero-order valence-corrected chi connectivity index (χ0v) is 32.6. The molecule has 2 aromatic heterocycles. The molecule has 2 aliphatic rings. The van der Waals surface area contributed by atoms with E-state index >= 15 is 0 Å². The Labute approximate surface area is 341 Å². The molecule has 0 bridgehead atoms. The van der Waals surface area contributed by atoms with Gasteiger partial charge in [0, 0.05) is 38.1 Å². The number of nitrogens with one attached hydrogen (secondary N) is 1. The summed E-state index contributed by atoms with van der Waals surface area (Å²) in [6.45, 7) is 4.69. The Kier molecular flexibility index (Phi) is 7.27. The van der Waals surface area contributed by atoms with Gasteiger partial charge in [0.15, 0.2) is 11.4 Å². The molecular weight excluding hydrogens is 721 g/mol. The molecule has 5 heteroatoms. The second-order valence-corrected chi connectivity index (χ2v) is 16.2. The van der Waals surface area contributed by atoms with Crippen LogP contribution < -0.4 is 5.32 Å². The van der Waals surface area contributed by atoms with Gasteiger partial charge in [-0.25, -0.2) is 9.98 Å². The van der Waals surface area contributed by atoms with Gasteiger partial charge < -0.3 is 14.3 Å². The highest BCUT2D eigenvalue weighted by Gasteiger charge is 2.36. The lowest BCUT2D eigenvalue weighted by Crippen LogP contribution is -2.33. The van der Waals surface area contributed by atoms with Gasteiger partial charge in [0.2, 0.25) is 0 Å². The van der Waals surface area contributed by atoms with Crippen LogP contribution in [0, 0.1) is 0 Å². The number of furan rings is 1. The van der Waals surface area contributed by atoms with E-state index in [0.29, 0.717) is 5.84 Å². The van der Waals surface area contributed by atoms with Gasteiger partial charge in [0.25, 0.3) is 0 Å². The molecule has 0 saturated carbocycles. The lowest BCUT2D eigenvalue weighted by molar-refractivity contribution is 0.661. The van der Waals surface area contributed by atoms with E-state index in [-0.39, 0.29) is 11.6 Å². The molecule has 0 radical (unpaired) electrons. The minimum atomic E-state index is -0.306. The van der Waals surface area contributed by atoms with E-state index in [1.165, 1.54) is 44.1 Å². The number of nitrogens with zero attached hydrogens (tertiary/aromatic N) is 3. The number of fused-ring (bicyclic) bond motifs is 9. The zero-order chi connectivity index (χ0) is 39.2. The first-order chi connectivity index (χ1) is 29.0. The van der Waals surface area contributed by atoms with Gasteiger partial charge in [-0.05, 0) is 75.3 Å². The summed E-state index contributed by atoms with van der Waals surface area (Å²) >= 11 is 0. The fourth-order valence-corrected chi connectivity index (χ4v) is 9.50. The van der Waals surface area contributed by atoms with E-state index in [0.717, 1.165) is 61.2 Å². The zero-order valence-electron chi connectivity index (χ0n) is 32.6. The van der Waals surface area contributed by atoms with Gasteiger partial charge in [-0.1, -0.05) is 159 Å². The topological polar surface area (TPSA) is 54.8 Å². The van der Waals surface area contributed by atoms with Crippen LogP contribution in [-0.4, -0.2) is 16.2 Å². The van der Waals surface area contributed by atoms with E-state index in [1.54, 1.807) is 0 Å². The van der Waals surface area contributed by atoms with Crippen LogP contribution in [-0.2, 0) is 5.41 Å². The molecule has 1 aliphatic heterocycles. The van der Waals surface area contributed by atoms with Crippen molar-refractivity contribution in [1.29, 1.82) is 0 Å². The summed E-state index contributed by atoms with van der Waals surface area (Å²) < 4.78 is 9.36. The molecule has 8 aromatic carbocycles. The number of benzene rings is 8. The molecular formula is C54H38N4O. The highest BCUT2D eigenvalue weighted by molar-refractivity contribution is 6.17. The van der Waals surface area contributed by atoms with Gasteiger partial charge in [-0.3, -0.25) is 0 Å². The van der Waals surface area contributed by atoms with Crippen molar-refractivity contribution >= 4 is 55.4 Å².